The van der Waals surface area contributed by atoms with Gasteiger partial charge in [-0.05, 0) is 43.4 Å². The van der Waals surface area contributed by atoms with Crippen LogP contribution >= 0.6 is 0 Å². The molecule has 23 heavy (non-hydrogen) atoms. The number of aromatic amines is 2. The summed E-state index contributed by atoms with van der Waals surface area (Å²) in [5, 5.41) is 8.47. The number of benzene rings is 1. The van der Waals surface area contributed by atoms with Gasteiger partial charge in [0.05, 0.1) is 6.10 Å². The summed E-state index contributed by atoms with van der Waals surface area (Å²) in [6, 6.07) is 7.70. The van der Waals surface area contributed by atoms with Crippen molar-refractivity contribution < 1.29 is 9.53 Å². The maximum absolute atomic E-state index is 11.8. The summed E-state index contributed by atoms with van der Waals surface area (Å²) in [6.07, 6.45) is 6.25. The van der Waals surface area contributed by atoms with Gasteiger partial charge in [-0.2, -0.15) is 0 Å². The first-order valence-electron chi connectivity index (χ1n) is 7.89. The molecule has 3 N–H and O–H groups in total. The Morgan fingerprint density at radius 3 is 2.87 bits per heavy atom. The Morgan fingerprint density at radius 1 is 1.30 bits per heavy atom. The number of carbonyl (C=O) groups excluding carboxylic acids is 1. The van der Waals surface area contributed by atoms with Gasteiger partial charge in [-0.1, -0.05) is 18.6 Å². The Balaban J connectivity index is 1.56. The zero-order chi connectivity index (χ0) is 16.1. The van der Waals surface area contributed by atoms with Crippen LogP contribution in [0.5, 0.6) is 5.75 Å². The number of nitrogens with one attached hydrogen (secondary N) is 3. The molecule has 0 atom stereocenters. The molecule has 1 aliphatic rings. The van der Waals surface area contributed by atoms with Crippen molar-refractivity contribution in [3.8, 4) is 5.75 Å². The second kappa shape index (κ2) is 7.13. The van der Waals surface area contributed by atoms with Gasteiger partial charge in [0.25, 0.3) is 5.91 Å². The molecule has 3 rings (SSSR count). The van der Waals surface area contributed by atoms with Crippen molar-refractivity contribution in [2.24, 2.45) is 0 Å². The number of nitrogens with zero attached hydrogens (tertiary/aromatic N) is 1. The Kier molecular flexibility index (Phi) is 4.75. The van der Waals surface area contributed by atoms with E-state index in [0.717, 1.165) is 24.2 Å². The third kappa shape index (κ3) is 4.21. The van der Waals surface area contributed by atoms with E-state index in [1.807, 2.05) is 24.3 Å². The molecule has 0 saturated heterocycles. The van der Waals surface area contributed by atoms with Crippen molar-refractivity contribution in [1.29, 1.82) is 0 Å². The van der Waals surface area contributed by atoms with E-state index in [1.165, 1.54) is 19.3 Å². The number of aromatic nitrogens is 3. The van der Waals surface area contributed by atoms with E-state index < -0.39 is 11.6 Å². The predicted molar refractivity (Wildman–Crippen MR) is 84.3 cm³/mol. The summed E-state index contributed by atoms with van der Waals surface area (Å²) < 4.78 is 6.01. The summed E-state index contributed by atoms with van der Waals surface area (Å²) in [4.78, 5) is 25.1. The predicted octanol–water partition coefficient (Wildman–Crippen LogP) is 1.74. The molecule has 1 amide bonds. The third-order valence-electron chi connectivity index (χ3n) is 3.92. The zero-order valence-electron chi connectivity index (χ0n) is 12.8. The molecule has 1 saturated carbocycles. The normalized spacial score (nSPS) is 15.3. The van der Waals surface area contributed by atoms with Gasteiger partial charge in [-0.15, -0.1) is 5.10 Å². The molecule has 7 heteroatoms. The van der Waals surface area contributed by atoms with Gasteiger partial charge < -0.3 is 10.1 Å². The maximum Gasteiger partial charge on any atom is 0.341 e. The lowest BCUT2D eigenvalue weighted by Crippen LogP contribution is -2.24. The van der Waals surface area contributed by atoms with Crippen LogP contribution < -0.4 is 15.7 Å². The molecule has 0 unspecified atom stereocenters. The summed E-state index contributed by atoms with van der Waals surface area (Å²) in [6.45, 7) is 0.343. The van der Waals surface area contributed by atoms with E-state index in [-0.39, 0.29) is 5.82 Å². The van der Waals surface area contributed by atoms with Gasteiger partial charge >= 0.3 is 5.69 Å². The molecule has 1 aliphatic carbocycles. The lowest BCUT2D eigenvalue weighted by molar-refractivity contribution is 0.0940. The molecule has 1 fully saturated rings. The smallest absolute Gasteiger partial charge is 0.341 e. The van der Waals surface area contributed by atoms with Crippen molar-refractivity contribution in [3.05, 3.63) is 46.1 Å². The van der Waals surface area contributed by atoms with E-state index in [2.05, 4.69) is 20.5 Å². The number of ether oxygens (including phenoxy) is 1. The van der Waals surface area contributed by atoms with E-state index in [0.29, 0.717) is 12.6 Å². The highest BCUT2D eigenvalue weighted by molar-refractivity contribution is 5.90. The lowest BCUT2D eigenvalue weighted by atomic mass is 9.98. The molecule has 0 aliphatic heterocycles. The SMILES string of the molecule is O=C(NCc1cccc(OC2CCCCC2)c1)c1n[nH]c(=O)[nH]1. The third-order valence-corrected chi connectivity index (χ3v) is 3.92. The first-order valence-corrected chi connectivity index (χ1v) is 7.89. The Labute approximate surface area is 133 Å². The number of hydrogen-bond donors (Lipinski definition) is 3. The lowest BCUT2D eigenvalue weighted by Gasteiger charge is -2.23. The first-order chi connectivity index (χ1) is 11.2. The van der Waals surface area contributed by atoms with Crippen molar-refractivity contribution in [2.45, 2.75) is 44.8 Å². The van der Waals surface area contributed by atoms with Crippen molar-refractivity contribution in [2.75, 3.05) is 0 Å². The monoisotopic (exact) mass is 316 g/mol. The topological polar surface area (TPSA) is 99.9 Å². The average Bonchev–Trinajstić information content (AvgIpc) is 3.01. The van der Waals surface area contributed by atoms with Crippen molar-refractivity contribution >= 4 is 5.91 Å². The van der Waals surface area contributed by atoms with Crippen LogP contribution in [0, 0.1) is 0 Å². The van der Waals surface area contributed by atoms with Gasteiger partial charge in [0.15, 0.2) is 0 Å². The van der Waals surface area contributed by atoms with Crippen LogP contribution in [0.3, 0.4) is 0 Å². The van der Waals surface area contributed by atoms with E-state index in [1.54, 1.807) is 0 Å². The second-order valence-corrected chi connectivity index (χ2v) is 5.73. The largest absolute Gasteiger partial charge is 0.490 e. The van der Waals surface area contributed by atoms with Gasteiger partial charge in [-0.3, -0.25) is 9.78 Å². The second-order valence-electron chi connectivity index (χ2n) is 5.73. The van der Waals surface area contributed by atoms with Crippen LogP contribution in [-0.2, 0) is 6.54 Å². The standard InChI is InChI=1S/C16H20N4O3/c21-15(14-18-16(22)20-19-14)17-10-11-5-4-8-13(9-11)23-12-6-2-1-3-7-12/h4-5,8-9,12H,1-3,6-7,10H2,(H,17,21)(H2,18,19,20,22). The van der Waals surface area contributed by atoms with Crippen LogP contribution in [0.2, 0.25) is 0 Å². The molecule has 0 bridgehead atoms. The molecular formula is C16H20N4O3. The highest BCUT2D eigenvalue weighted by Gasteiger charge is 2.15. The first kappa shape index (κ1) is 15.3. The average molecular weight is 316 g/mol. The molecule has 1 heterocycles. The molecule has 0 radical (unpaired) electrons. The summed E-state index contributed by atoms with van der Waals surface area (Å²) in [5.41, 5.74) is 0.433. The molecule has 2 aromatic rings. The Bertz CT molecular complexity index is 716. The van der Waals surface area contributed by atoms with Crippen LogP contribution in [0.1, 0.15) is 48.3 Å². The molecular weight excluding hydrogens is 296 g/mol. The van der Waals surface area contributed by atoms with Gasteiger partial charge in [-0.25, -0.2) is 9.89 Å². The molecule has 0 spiro atoms. The van der Waals surface area contributed by atoms with Crippen molar-refractivity contribution in [1.82, 2.24) is 20.5 Å². The van der Waals surface area contributed by atoms with Crippen molar-refractivity contribution in [3.63, 3.8) is 0 Å². The minimum Gasteiger partial charge on any atom is -0.490 e. The Hall–Kier alpha value is -2.57. The number of H-pyrrole nitrogens is 2. The van der Waals surface area contributed by atoms with Gasteiger partial charge in [0.2, 0.25) is 5.82 Å². The maximum atomic E-state index is 11.8. The highest BCUT2D eigenvalue weighted by atomic mass is 16.5. The minimum atomic E-state index is -0.502. The van der Waals surface area contributed by atoms with Crippen LogP contribution in [0.15, 0.2) is 29.1 Å². The van der Waals surface area contributed by atoms with Gasteiger partial charge in [0.1, 0.15) is 5.75 Å². The zero-order valence-corrected chi connectivity index (χ0v) is 12.8. The molecule has 1 aromatic heterocycles. The van der Waals surface area contributed by atoms with E-state index >= 15 is 0 Å². The number of carbonyl (C=O) groups is 1. The van der Waals surface area contributed by atoms with Gasteiger partial charge in [0, 0.05) is 6.54 Å². The number of hydrogen-bond acceptors (Lipinski definition) is 4. The van der Waals surface area contributed by atoms with E-state index in [9.17, 15) is 9.59 Å². The number of amides is 1. The Morgan fingerprint density at radius 2 is 2.13 bits per heavy atom. The summed E-state index contributed by atoms with van der Waals surface area (Å²) >= 11 is 0. The number of rotatable bonds is 5. The molecule has 122 valence electrons. The van der Waals surface area contributed by atoms with E-state index in [4.69, 9.17) is 4.74 Å². The highest BCUT2D eigenvalue weighted by Crippen LogP contribution is 2.23. The fraction of sp³-hybridized carbons (Fsp3) is 0.438. The quantitative estimate of drug-likeness (QED) is 0.782. The fourth-order valence-corrected chi connectivity index (χ4v) is 2.75. The van der Waals surface area contributed by atoms with Crippen LogP contribution in [-0.4, -0.2) is 27.2 Å². The van der Waals surface area contributed by atoms with Crippen LogP contribution in [0.25, 0.3) is 0 Å². The summed E-state index contributed by atoms with van der Waals surface area (Å²) in [5.74, 6) is 0.378. The summed E-state index contributed by atoms with van der Waals surface area (Å²) in [7, 11) is 0. The molecule has 7 nitrogen and oxygen atoms in total. The fourth-order valence-electron chi connectivity index (χ4n) is 2.75. The molecule has 1 aromatic carbocycles. The van der Waals surface area contributed by atoms with Crippen LogP contribution in [0.4, 0.5) is 0 Å². The minimum absolute atomic E-state index is 0.0235.